The highest BCUT2D eigenvalue weighted by Gasteiger charge is 2.02. The summed E-state index contributed by atoms with van der Waals surface area (Å²) in [5.41, 5.74) is 6.46. The number of nitrogens with zero attached hydrogens (tertiary/aromatic N) is 1. The third kappa shape index (κ3) is 0.936. The van der Waals surface area contributed by atoms with Crippen LogP contribution in [0.15, 0.2) is 24.3 Å². The summed E-state index contributed by atoms with van der Waals surface area (Å²) in [7, 11) is 0. The van der Waals surface area contributed by atoms with Gasteiger partial charge in [0.1, 0.15) is 10.9 Å². The van der Waals surface area contributed by atoms with Gasteiger partial charge in [-0.2, -0.15) is 5.26 Å². The quantitative estimate of drug-likeness (QED) is 0.623. The summed E-state index contributed by atoms with van der Waals surface area (Å²) < 4.78 is 1.08. The molecule has 0 aliphatic rings. The monoisotopic (exact) mass is 174 g/mol. The number of fused-ring (bicyclic) bond motifs is 1. The molecule has 0 spiro atoms. The lowest BCUT2D eigenvalue weighted by Gasteiger charge is -1.91. The van der Waals surface area contributed by atoms with Gasteiger partial charge in [-0.25, -0.2) is 0 Å². The van der Waals surface area contributed by atoms with Crippen LogP contribution in [0.5, 0.6) is 0 Å². The number of benzene rings is 1. The number of nitriles is 1. The van der Waals surface area contributed by atoms with E-state index in [1.165, 1.54) is 11.3 Å². The molecule has 0 saturated carbocycles. The Kier molecular flexibility index (Phi) is 1.49. The number of hydrogen-bond donors (Lipinski definition) is 1. The van der Waals surface area contributed by atoms with Crippen LogP contribution in [0.4, 0.5) is 5.69 Å². The van der Waals surface area contributed by atoms with Crippen molar-refractivity contribution in [3.63, 3.8) is 0 Å². The van der Waals surface area contributed by atoms with Gasteiger partial charge in [-0.15, -0.1) is 11.3 Å². The van der Waals surface area contributed by atoms with Crippen molar-refractivity contribution < 1.29 is 0 Å². The number of anilines is 1. The summed E-state index contributed by atoms with van der Waals surface area (Å²) in [6, 6.07) is 9.65. The molecular weight excluding hydrogens is 168 g/mol. The van der Waals surface area contributed by atoms with E-state index in [4.69, 9.17) is 11.0 Å². The summed E-state index contributed by atoms with van der Waals surface area (Å²) >= 11 is 1.47. The van der Waals surface area contributed by atoms with Gasteiger partial charge < -0.3 is 5.73 Å². The van der Waals surface area contributed by atoms with E-state index in [0.717, 1.165) is 15.8 Å². The fraction of sp³-hybridized carbons (Fsp3) is 0. The Hall–Kier alpha value is -1.53. The van der Waals surface area contributed by atoms with Crippen molar-refractivity contribution in [1.29, 1.82) is 5.26 Å². The van der Waals surface area contributed by atoms with E-state index in [1.54, 1.807) is 0 Å². The lowest BCUT2D eigenvalue weighted by molar-refractivity contribution is 1.52. The van der Waals surface area contributed by atoms with Gasteiger partial charge in [0.2, 0.25) is 0 Å². The summed E-state index contributed by atoms with van der Waals surface area (Å²) in [4.78, 5) is 0.711. The van der Waals surface area contributed by atoms with Gasteiger partial charge in [0.25, 0.3) is 0 Å². The summed E-state index contributed by atoms with van der Waals surface area (Å²) in [5.74, 6) is 0. The molecule has 2 N–H and O–H groups in total. The number of rotatable bonds is 0. The first-order valence-corrected chi connectivity index (χ1v) is 4.31. The Morgan fingerprint density at radius 2 is 2.25 bits per heavy atom. The maximum atomic E-state index is 8.65. The second-order valence-electron chi connectivity index (χ2n) is 2.48. The maximum Gasteiger partial charge on any atom is 0.110 e. The second-order valence-corrected chi connectivity index (χ2v) is 3.57. The summed E-state index contributed by atoms with van der Waals surface area (Å²) in [6.07, 6.45) is 0. The fourth-order valence-electron chi connectivity index (χ4n) is 1.14. The summed E-state index contributed by atoms with van der Waals surface area (Å²) in [6.45, 7) is 0. The summed E-state index contributed by atoms with van der Waals surface area (Å²) in [5, 5.41) is 9.63. The normalized spacial score (nSPS) is 9.92. The van der Waals surface area contributed by atoms with Gasteiger partial charge in [-0.05, 0) is 18.2 Å². The number of nitrogens with two attached hydrogens (primary N) is 1. The molecule has 12 heavy (non-hydrogen) atoms. The molecule has 2 aromatic rings. The molecule has 0 atom stereocenters. The van der Waals surface area contributed by atoms with E-state index in [9.17, 15) is 0 Å². The molecule has 1 heterocycles. The van der Waals surface area contributed by atoms with Gasteiger partial charge in [0.05, 0.1) is 0 Å². The molecule has 3 heteroatoms. The van der Waals surface area contributed by atoms with Crippen molar-refractivity contribution in [3.05, 3.63) is 29.1 Å². The minimum Gasteiger partial charge on any atom is -0.398 e. The Labute approximate surface area is 73.9 Å². The highest BCUT2D eigenvalue weighted by Crippen LogP contribution is 2.28. The lowest BCUT2D eigenvalue weighted by atomic mass is 10.2. The van der Waals surface area contributed by atoms with Crippen molar-refractivity contribution >= 4 is 27.1 Å². The van der Waals surface area contributed by atoms with Crippen molar-refractivity contribution in [2.45, 2.75) is 0 Å². The molecule has 58 valence electrons. The van der Waals surface area contributed by atoms with Gasteiger partial charge in [-0.3, -0.25) is 0 Å². The van der Waals surface area contributed by atoms with Crippen molar-refractivity contribution in [2.75, 3.05) is 5.73 Å². The minimum atomic E-state index is 0.711. The SMILES string of the molecule is N#Cc1cc2c(N)cccc2s1. The van der Waals surface area contributed by atoms with E-state index < -0.39 is 0 Å². The van der Waals surface area contributed by atoms with Crippen LogP contribution < -0.4 is 5.73 Å². The second kappa shape index (κ2) is 2.50. The molecule has 1 aromatic heterocycles. The van der Waals surface area contributed by atoms with Crippen LogP contribution >= 0.6 is 11.3 Å². The zero-order chi connectivity index (χ0) is 8.55. The molecule has 2 nitrogen and oxygen atoms in total. The van der Waals surface area contributed by atoms with E-state index in [-0.39, 0.29) is 0 Å². The van der Waals surface area contributed by atoms with Crippen LogP contribution in [0, 0.1) is 11.3 Å². The number of nitrogen functional groups attached to an aromatic ring is 1. The van der Waals surface area contributed by atoms with Crippen molar-refractivity contribution in [3.8, 4) is 6.07 Å². The molecule has 0 fully saturated rings. The predicted octanol–water partition coefficient (Wildman–Crippen LogP) is 2.36. The molecule has 1 aromatic carbocycles. The van der Waals surface area contributed by atoms with Gasteiger partial charge in [-0.1, -0.05) is 6.07 Å². The third-order valence-electron chi connectivity index (χ3n) is 1.71. The van der Waals surface area contributed by atoms with Crippen LogP contribution in [0.2, 0.25) is 0 Å². The van der Waals surface area contributed by atoms with Gasteiger partial charge in [0.15, 0.2) is 0 Å². The van der Waals surface area contributed by atoms with E-state index >= 15 is 0 Å². The highest BCUT2D eigenvalue weighted by molar-refractivity contribution is 7.19. The Balaban J connectivity index is 2.85. The molecule has 0 bridgehead atoms. The van der Waals surface area contributed by atoms with Crippen LogP contribution in [0.25, 0.3) is 10.1 Å². The Morgan fingerprint density at radius 3 is 2.92 bits per heavy atom. The van der Waals surface area contributed by atoms with Crippen LogP contribution in [0.1, 0.15) is 4.88 Å². The lowest BCUT2D eigenvalue weighted by Crippen LogP contribution is -1.82. The predicted molar refractivity (Wildman–Crippen MR) is 51.0 cm³/mol. The molecule has 0 saturated heterocycles. The van der Waals surface area contributed by atoms with Crippen molar-refractivity contribution in [1.82, 2.24) is 0 Å². The van der Waals surface area contributed by atoms with E-state index in [0.29, 0.717) is 4.88 Å². The zero-order valence-electron chi connectivity index (χ0n) is 6.24. The molecule has 0 aliphatic heterocycles. The van der Waals surface area contributed by atoms with Crippen LogP contribution in [-0.2, 0) is 0 Å². The highest BCUT2D eigenvalue weighted by atomic mass is 32.1. The van der Waals surface area contributed by atoms with E-state index in [1.807, 2.05) is 24.3 Å². The standard InChI is InChI=1S/C9H6N2S/c10-5-6-4-7-8(11)2-1-3-9(7)12-6/h1-4H,11H2. The van der Waals surface area contributed by atoms with E-state index in [2.05, 4.69) is 6.07 Å². The number of hydrogen-bond acceptors (Lipinski definition) is 3. The molecule has 0 radical (unpaired) electrons. The van der Waals surface area contributed by atoms with Gasteiger partial charge in [0, 0.05) is 15.8 Å². The Morgan fingerprint density at radius 1 is 1.42 bits per heavy atom. The first kappa shape index (κ1) is 7.14. The minimum absolute atomic E-state index is 0.711. The average Bonchev–Trinajstić information content (AvgIpc) is 2.49. The zero-order valence-corrected chi connectivity index (χ0v) is 7.06. The van der Waals surface area contributed by atoms with Crippen LogP contribution in [0.3, 0.4) is 0 Å². The molecular formula is C9H6N2S. The first-order valence-electron chi connectivity index (χ1n) is 3.49. The van der Waals surface area contributed by atoms with Crippen LogP contribution in [-0.4, -0.2) is 0 Å². The molecule has 0 aliphatic carbocycles. The molecule has 0 unspecified atom stereocenters. The van der Waals surface area contributed by atoms with Gasteiger partial charge >= 0.3 is 0 Å². The average molecular weight is 174 g/mol. The maximum absolute atomic E-state index is 8.65. The molecule has 0 amide bonds. The van der Waals surface area contributed by atoms with Crippen molar-refractivity contribution in [2.24, 2.45) is 0 Å². The fourth-order valence-corrected chi connectivity index (χ4v) is 2.03. The number of thiophene rings is 1. The largest absolute Gasteiger partial charge is 0.398 e. The first-order chi connectivity index (χ1) is 5.81. The topological polar surface area (TPSA) is 49.8 Å². The smallest absolute Gasteiger partial charge is 0.110 e. The molecule has 2 rings (SSSR count). The Bertz CT molecular complexity index is 465. The third-order valence-corrected chi connectivity index (χ3v) is 2.71.